The van der Waals surface area contributed by atoms with E-state index in [0.29, 0.717) is 0 Å². The van der Waals surface area contributed by atoms with Crippen LogP contribution < -0.4 is 10.5 Å². The minimum atomic E-state index is -0.0374. The summed E-state index contributed by atoms with van der Waals surface area (Å²) in [6.45, 7) is 2.09. The maximum atomic E-state index is 6.19. The number of hydrogen-bond acceptors (Lipinski definition) is 3. The molecule has 1 aromatic carbocycles. The molecule has 1 heterocycles. The van der Waals surface area contributed by atoms with Gasteiger partial charge in [0.05, 0.1) is 13.2 Å². The van der Waals surface area contributed by atoms with Crippen molar-refractivity contribution in [2.45, 2.75) is 13.0 Å². The molecule has 16 heavy (non-hydrogen) atoms. The highest BCUT2D eigenvalue weighted by atomic mass is 32.1. The smallest absolute Gasteiger partial charge is 0.118 e. The van der Waals surface area contributed by atoms with Gasteiger partial charge >= 0.3 is 0 Å². The Morgan fingerprint density at radius 1 is 1.12 bits per heavy atom. The number of nitrogens with two attached hydrogens (primary N) is 1. The van der Waals surface area contributed by atoms with E-state index in [1.54, 1.807) is 18.4 Å². The number of ether oxygens (including phenoxy) is 1. The number of aryl methyl sites for hydroxylation is 1. The fourth-order valence-electron chi connectivity index (χ4n) is 1.60. The molecule has 0 aliphatic rings. The number of thiophene rings is 1. The van der Waals surface area contributed by atoms with Gasteiger partial charge in [-0.05, 0) is 36.8 Å². The average Bonchev–Trinajstić information content (AvgIpc) is 2.75. The van der Waals surface area contributed by atoms with Crippen molar-refractivity contribution in [1.82, 2.24) is 0 Å². The zero-order valence-electron chi connectivity index (χ0n) is 9.44. The first-order valence-electron chi connectivity index (χ1n) is 5.16. The Bertz CT molecular complexity index is 461. The molecule has 2 rings (SSSR count). The van der Waals surface area contributed by atoms with Crippen LogP contribution in [0.4, 0.5) is 0 Å². The lowest BCUT2D eigenvalue weighted by atomic mass is 10.1. The van der Waals surface area contributed by atoms with Crippen molar-refractivity contribution < 1.29 is 4.74 Å². The van der Waals surface area contributed by atoms with Crippen LogP contribution in [-0.2, 0) is 0 Å². The van der Waals surface area contributed by atoms with Crippen LogP contribution in [0, 0.1) is 6.92 Å². The highest BCUT2D eigenvalue weighted by Gasteiger charge is 2.10. The number of rotatable bonds is 3. The monoisotopic (exact) mass is 233 g/mol. The second-order valence-electron chi connectivity index (χ2n) is 3.70. The summed E-state index contributed by atoms with van der Waals surface area (Å²) in [5, 5.41) is 0. The van der Waals surface area contributed by atoms with Crippen molar-refractivity contribution in [2.75, 3.05) is 7.11 Å². The second kappa shape index (κ2) is 4.68. The molecule has 0 aliphatic carbocycles. The second-order valence-corrected chi connectivity index (χ2v) is 5.02. The Kier molecular flexibility index (Phi) is 3.27. The van der Waals surface area contributed by atoms with Crippen LogP contribution in [0.2, 0.25) is 0 Å². The SMILES string of the molecule is COc1ccc(C(N)c2ccc(C)s2)cc1. The van der Waals surface area contributed by atoms with Gasteiger partial charge in [-0.25, -0.2) is 0 Å². The molecule has 3 heteroatoms. The Morgan fingerprint density at radius 3 is 2.31 bits per heavy atom. The highest BCUT2D eigenvalue weighted by molar-refractivity contribution is 7.12. The van der Waals surface area contributed by atoms with E-state index < -0.39 is 0 Å². The minimum Gasteiger partial charge on any atom is -0.497 e. The first kappa shape index (κ1) is 11.2. The number of methoxy groups -OCH3 is 1. The van der Waals surface area contributed by atoms with E-state index in [-0.39, 0.29) is 6.04 Å². The van der Waals surface area contributed by atoms with Crippen molar-refractivity contribution in [3.8, 4) is 5.75 Å². The van der Waals surface area contributed by atoms with Crippen molar-refractivity contribution in [1.29, 1.82) is 0 Å². The summed E-state index contributed by atoms with van der Waals surface area (Å²) in [7, 11) is 1.66. The third kappa shape index (κ3) is 2.26. The minimum absolute atomic E-state index is 0.0374. The Balaban J connectivity index is 2.23. The van der Waals surface area contributed by atoms with Crippen molar-refractivity contribution in [3.63, 3.8) is 0 Å². The first-order valence-corrected chi connectivity index (χ1v) is 5.98. The molecule has 1 aromatic heterocycles. The molecule has 0 spiro atoms. The molecule has 2 aromatic rings. The van der Waals surface area contributed by atoms with Gasteiger partial charge in [-0.1, -0.05) is 12.1 Å². The maximum absolute atomic E-state index is 6.19. The zero-order valence-corrected chi connectivity index (χ0v) is 10.3. The van der Waals surface area contributed by atoms with Crippen LogP contribution in [0.15, 0.2) is 36.4 Å². The maximum Gasteiger partial charge on any atom is 0.118 e. The molecule has 2 N–H and O–H groups in total. The predicted octanol–water partition coefficient (Wildman–Crippen LogP) is 3.11. The summed E-state index contributed by atoms with van der Waals surface area (Å²) in [6, 6.07) is 12.1. The number of benzene rings is 1. The molecule has 0 radical (unpaired) electrons. The molecular formula is C13H15NOS. The molecule has 1 atom stereocenters. The van der Waals surface area contributed by atoms with Gasteiger partial charge in [-0.2, -0.15) is 0 Å². The standard InChI is InChI=1S/C13H15NOS/c1-9-3-8-12(16-9)13(14)10-4-6-11(15-2)7-5-10/h3-8,13H,14H2,1-2H3. The van der Waals surface area contributed by atoms with Crippen LogP contribution in [0.3, 0.4) is 0 Å². The summed E-state index contributed by atoms with van der Waals surface area (Å²) >= 11 is 1.74. The van der Waals surface area contributed by atoms with E-state index in [1.165, 1.54) is 9.75 Å². The van der Waals surface area contributed by atoms with Crippen LogP contribution in [-0.4, -0.2) is 7.11 Å². The van der Waals surface area contributed by atoms with Crippen LogP contribution in [0.5, 0.6) is 5.75 Å². The predicted molar refractivity (Wildman–Crippen MR) is 68.1 cm³/mol. The lowest BCUT2D eigenvalue weighted by molar-refractivity contribution is 0.414. The van der Waals surface area contributed by atoms with Gasteiger partial charge in [0.1, 0.15) is 5.75 Å². The van der Waals surface area contributed by atoms with Crippen molar-refractivity contribution >= 4 is 11.3 Å². The topological polar surface area (TPSA) is 35.2 Å². The molecule has 0 bridgehead atoms. The van der Waals surface area contributed by atoms with E-state index >= 15 is 0 Å². The fourth-order valence-corrected chi connectivity index (χ4v) is 2.50. The van der Waals surface area contributed by atoms with Crippen LogP contribution in [0.25, 0.3) is 0 Å². The van der Waals surface area contributed by atoms with E-state index in [4.69, 9.17) is 10.5 Å². The van der Waals surface area contributed by atoms with Gasteiger partial charge in [0.25, 0.3) is 0 Å². The van der Waals surface area contributed by atoms with Gasteiger partial charge < -0.3 is 10.5 Å². The third-order valence-electron chi connectivity index (χ3n) is 2.54. The number of hydrogen-bond donors (Lipinski definition) is 1. The molecular weight excluding hydrogens is 218 g/mol. The summed E-state index contributed by atoms with van der Waals surface area (Å²) in [5.41, 5.74) is 7.30. The Hall–Kier alpha value is -1.32. The van der Waals surface area contributed by atoms with Gasteiger partial charge in [0.2, 0.25) is 0 Å². The van der Waals surface area contributed by atoms with Crippen molar-refractivity contribution in [2.24, 2.45) is 5.73 Å². The summed E-state index contributed by atoms with van der Waals surface area (Å²) in [4.78, 5) is 2.49. The van der Waals surface area contributed by atoms with E-state index in [1.807, 2.05) is 24.3 Å². The zero-order chi connectivity index (χ0) is 11.5. The molecule has 0 fully saturated rings. The van der Waals surface area contributed by atoms with E-state index in [9.17, 15) is 0 Å². The van der Waals surface area contributed by atoms with Gasteiger partial charge in [-0.15, -0.1) is 11.3 Å². The molecule has 0 aliphatic heterocycles. The molecule has 1 unspecified atom stereocenters. The van der Waals surface area contributed by atoms with Crippen LogP contribution in [0.1, 0.15) is 21.4 Å². The highest BCUT2D eigenvalue weighted by Crippen LogP contribution is 2.27. The van der Waals surface area contributed by atoms with Crippen LogP contribution >= 0.6 is 11.3 Å². The van der Waals surface area contributed by atoms with E-state index in [2.05, 4.69) is 19.1 Å². The molecule has 0 saturated heterocycles. The van der Waals surface area contributed by atoms with Gasteiger partial charge in [0, 0.05) is 9.75 Å². The molecule has 0 amide bonds. The van der Waals surface area contributed by atoms with Gasteiger partial charge in [-0.3, -0.25) is 0 Å². The molecule has 84 valence electrons. The molecule has 2 nitrogen and oxygen atoms in total. The normalized spacial score (nSPS) is 12.4. The summed E-state index contributed by atoms with van der Waals surface area (Å²) < 4.78 is 5.12. The first-order chi connectivity index (χ1) is 7.70. The Labute approximate surface area is 99.7 Å². The summed E-state index contributed by atoms with van der Waals surface area (Å²) in [6.07, 6.45) is 0. The van der Waals surface area contributed by atoms with Crippen molar-refractivity contribution in [3.05, 3.63) is 51.7 Å². The lowest BCUT2D eigenvalue weighted by Crippen LogP contribution is -2.09. The fraction of sp³-hybridized carbons (Fsp3) is 0.231. The Morgan fingerprint density at radius 2 is 1.81 bits per heavy atom. The lowest BCUT2D eigenvalue weighted by Gasteiger charge is -2.10. The average molecular weight is 233 g/mol. The molecule has 0 saturated carbocycles. The third-order valence-corrected chi connectivity index (χ3v) is 3.63. The largest absolute Gasteiger partial charge is 0.497 e. The van der Waals surface area contributed by atoms with Gasteiger partial charge in [0.15, 0.2) is 0 Å². The quantitative estimate of drug-likeness (QED) is 0.884. The summed E-state index contributed by atoms with van der Waals surface area (Å²) in [5.74, 6) is 0.860. The van der Waals surface area contributed by atoms with E-state index in [0.717, 1.165) is 11.3 Å².